The molecule has 0 unspecified atom stereocenters. The minimum atomic E-state index is -2.68. The molecule has 9 aromatic rings. The minimum Gasteiger partial charge on any atom is -0.334 e. The molecule has 4 aliphatic carbocycles. The Labute approximate surface area is 323 Å². The molecule has 0 saturated heterocycles. The second-order valence-electron chi connectivity index (χ2n) is 17.1. The molecule has 0 radical (unpaired) electrons. The summed E-state index contributed by atoms with van der Waals surface area (Å²) in [7, 11) is -2.68. The zero-order valence-electron chi connectivity index (χ0n) is 31.1. The van der Waals surface area contributed by atoms with E-state index in [2.05, 4.69) is 185 Å². The van der Waals surface area contributed by atoms with Crippen molar-refractivity contribution in [3.05, 3.63) is 176 Å². The summed E-state index contributed by atoms with van der Waals surface area (Å²) < 4.78 is 5.37. The molecule has 2 aromatic heterocycles. The van der Waals surface area contributed by atoms with Crippen molar-refractivity contribution in [3.63, 3.8) is 0 Å². The van der Waals surface area contributed by atoms with Crippen LogP contribution in [0.15, 0.2) is 176 Å². The lowest BCUT2D eigenvalue weighted by Crippen LogP contribution is -2.74. The van der Waals surface area contributed by atoms with E-state index in [0.29, 0.717) is 0 Å². The average molecular weight is 725 g/mol. The molecular formula is C52H44N2Si. The fourth-order valence-electron chi connectivity index (χ4n) is 12.5. The van der Waals surface area contributed by atoms with Crippen molar-refractivity contribution in [1.29, 1.82) is 0 Å². The predicted molar refractivity (Wildman–Crippen MR) is 234 cm³/mol. The number of hydrogen-bond donors (Lipinski definition) is 0. The molecule has 13 rings (SSSR count). The van der Waals surface area contributed by atoms with Crippen LogP contribution in [-0.4, -0.2) is 17.2 Å². The van der Waals surface area contributed by atoms with Gasteiger partial charge in [-0.1, -0.05) is 140 Å². The largest absolute Gasteiger partial charge is 0.334 e. The second kappa shape index (κ2) is 11.9. The first-order valence-corrected chi connectivity index (χ1v) is 22.4. The Morgan fingerprint density at radius 1 is 0.382 bits per heavy atom. The molecule has 0 atom stereocenters. The van der Waals surface area contributed by atoms with Crippen LogP contribution in [0.5, 0.6) is 0 Å². The van der Waals surface area contributed by atoms with Crippen LogP contribution < -0.4 is 20.7 Å². The van der Waals surface area contributed by atoms with Gasteiger partial charge in [-0.25, -0.2) is 0 Å². The maximum Gasteiger partial charge on any atom is 0.179 e. The molecular weight excluding hydrogens is 681 g/mol. The van der Waals surface area contributed by atoms with Crippen LogP contribution in [0.1, 0.15) is 38.5 Å². The van der Waals surface area contributed by atoms with Crippen LogP contribution >= 0.6 is 0 Å². The molecule has 4 saturated carbocycles. The summed E-state index contributed by atoms with van der Waals surface area (Å²) in [5.41, 5.74) is 6.84. The summed E-state index contributed by atoms with van der Waals surface area (Å²) in [5, 5.41) is 11.0. The van der Waals surface area contributed by atoms with Crippen LogP contribution in [0.25, 0.3) is 49.3 Å². The van der Waals surface area contributed by atoms with Crippen LogP contribution in [0, 0.1) is 17.8 Å². The van der Waals surface area contributed by atoms with E-state index in [4.69, 9.17) is 0 Å². The molecule has 4 bridgehead atoms. The van der Waals surface area contributed by atoms with E-state index in [1.165, 1.54) is 109 Å². The van der Waals surface area contributed by atoms with Crippen molar-refractivity contribution < 1.29 is 0 Å². The van der Waals surface area contributed by atoms with Crippen LogP contribution in [0.4, 0.5) is 0 Å². The first kappa shape index (κ1) is 31.7. The van der Waals surface area contributed by atoms with Crippen molar-refractivity contribution in [2.45, 2.75) is 44.1 Å². The Kier molecular flexibility index (Phi) is 6.87. The zero-order valence-corrected chi connectivity index (χ0v) is 32.1. The van der Waals surface area contributed by atoms with Gasteiger partial charge >= 0.3 is 0 Å². The third-order valence-electron chi connectivity index (χ3n) is 14.1. The predicted octanol–water partition coefficient (Wildman–Crippen LogP) is 10.2. The first-order valence-electron chi connectivity index (χ1n) is 20.4. The maximum absolute atomic E-state index is 2.84. The smallest absolute Gasteiger partial charge is 0.179 e. The normalized spacial score (nSPS) is 22.0. The van der Waals surface area contributed by atoms with Crippen molar-refractivity contribution in [1.82, 2.24) is 9.13 Å². The summed E-state index contributed by atoms with van der Waals surface area (Å²) in [5.74, 6) is 2.70. The lowest BCUT2D eigenvalue weighted by Gasteiger charge is -2.57. The summed E-state index contributed by atoms with van der Waals surface area (Å²) in [6.07, 6.45) is 8.43. The van der Waals surface area contributed by atoms with Gasteiger partial charge in [-0.3, -0.25) is 0 Å². The molecule has 4 aliphatic rings. The van der Waals surface area contributed by atoms with Gasteiger partial charge in [0.1, 0.15) is 0 Å². The summed E-state index contributed by atoms with van der Waals surface area (Å²) >= 11 is 0. The van der Waals surface area contributed by atoms with Crippen LogP contribution in [0.2, 0.25) is 0 Å². The topological polar surface area (TPSA) is 9.86 Å². The number of hydrogen-bond acceptors (Lipinski definition) is 0. The van der Waals surface area contributed by atoms with E-state index >= 15 is 0 Å². The number of aromatic nitrogens is 2. The van der Waals surface area contributed by atoms with Gasteiger partial charge in [0, 0.05) is 43.8 Å². The molecule has 0 amide bonds. The minimum absolute atomic E-state index is 0.257. The third-order valence-corrected chi connectivity index (χ3v) is 18.9. The fourth-order valence-corrected chi connectivity index (χ4v) is 17.3. The third kappa shape index (κ3) is 4.54. The Hall–Kier alpha value is -5.64. The molecule has 266 valence electrons. The molecule has 4 fully saturated rings. The van der Waals surface area contributed by atoms with Gasteiger partial charge in [0.05, 0.1) is 11.0 Å². The molecule has 2 nitrogen and oxygen atoms in total. The number of para-hydroxylation sites is 2. The molecule has 0 spiro atoms. The average Bonchev–Trinajstić information content (AvgIpc) is 3.75. The molecule has 7 aromatic carbocycles. The van der Waals surface area contributed by atoms with E-state index in [-0.39, 0.29) is 5.54 Å². The van der Waals surface area contributed by atoms with Crippen molar-refractivity contribution >= 4 is 72.4 Å². The fraction of sp³-hybridized carbons (Fsp3) is 0.192. The molecule has 55 heavy (non-hydrogen) atoms. The van der Waals surface area contributed by atoms with Crippen molar-refractivity contribution in [2.24, 2.45) is 17.8 Å². The number of nitrogens with zero attached hydrogens (tertiary/aromatic N) is 2. The Morgan fingerprint density at radius 3 is 1.40 bits per heavy atom. The standard InChI is InChI=1S/C52H44N2Si/c1-4-14-40(15-5-1)55(41-16-6-2-7-17-41,42-18-8-3-9-19-42)43-25-27-49-47(32-43)44-20-10-12-22-48(44)53(49)39-24-26-51-46(31-39)45-21-11-13-23-50(45)54(51)52-33-36-28-37(34-52)30-38(29-36)35-52/h1-27,31-32,36-38H,28-30,33-35H2. The summed E-state index contributed by atoms with van der Waals surface area (Å²) in [6, 6.07) is 67.0. The van der Waals surface area contributed by atoms with Gasteiger partial charge in [0.2, 0.25) is 0 Å². The van der Waals surface area contributed by atoms with E-state index in [1.54, 1.807) is 0 Å². The Morgan fingerprint density at radius 2 is 0.818 bits per heavy atom. The zero-order chi connectivity index (χ0) is 36.1. The van der Waals surface area contributed by atoms with Crippen molar-refractivity contribution in [2.75, 3.05) is 0 Å². The lowest BCUT2D eigenvalue weighted by atomic mass is 9.53. The monoisotopic (exact) mass is 724 g/mol. The second-order valence-corrected chi connectivity index (χ2v) is 20.9. The quantitative estimate of drug-likeness (QED) is 0.119. The molecule has 3 heteroatoms. The van der Waals surface area contributed by atoms with E-state index in [0.717, 1.165) is 17.8 Å². The van der Waals surface area contributed by atoms with Crippen LogP contribution in [0.3, 0.4) is 0 Å². The van der Waals surface area contributed by atoms with Crippen molar-refractivity contribution in [3.8, 4) is 5.69 Å². The Bertz CT molecular complexity index is 2770. The van der Waals surface area contributed by atoms with Gasteiger partial charge < -0.3 is 9.13 Å². The van der Waals surface area contributed by atoms with E-state index in [1.807, 2.05) is 0 Å². The number of fused-ring (bicyclic) bond motifs is 6. The lowest BCUT2D eigenvalue weighted by molar-refractivity contribution is -0.0387. The molecule has 0 N–H and O–H groups in total. The van der Waals surface area contributed by atoms with E-state index < -0.39 is 8.07 Å². The van der Waals surface area contributed by atoms with Gasteiger partial charge in [-0.2, -0.15) is 0 Å². The first-order chi connectivity index (χ1) is 27.2. The highest BCUT2D eigenvalue weighted by atomic mass is 28.3. The molecule has 0 aliphatic heterocycles. The number of benzene rings is 7. The van der Waals surface area contributed by atoms with Gasteiger partial charge in [0.25, 0.3) is 0 Å². The Balaban J connectivity index is 1.09. The maximum atomic E-state index is 2.84. The highest BCUT2D eigenvalue weighted by molar-refractivity contribution is 7.20. The van der Waals surface area contributed by atoms with E-state index in [9.17, 15) is 0 Å². The van der Waals surface area contributed by atoms with Crippen LogP contribution in [-0.2, 0) is 5.54 Å². The van der Waals surface area contributed by atoms with Gasteiger partial charge in [-0.15, -0.1) is 0 Å². The highest BCUT2D eigenvalue weighted by Gasteiger charge is 2.52. The number of rotatable bonds is 6. The summed E-state index contributed by atoms with van der Waals surface area (Å²) in [6.45, 7) is 0. The highest BCUT2D eigenvalue weighted by Crippen LogP contribution is 2.60. The van der Waals surface area contributed by atoms with Gasteiger partial charge in [0.15, 0.2) is 8.07 Å². The SMILES string of the molecule is c1ccc([Si](c2ccccc2)(c2ccccc2)c2ccc3c(c2)c2ccccc2n3-c2ccc3c(c2)c2ccccc2n3C23CC4CC(CC(C4)C2)C3)cc1. The molecule has 2 heterocycles. The van der Waals surface area contributed by atoms with Gasteiger partial charge in [-0.05, 0) is 113 Å². The summed E-state index contributed by atoms with van der Waals surface area (Å²) in [4.78, 5) is 0.